The van der Waals surface area contributed by atoms with E-state index in [1.165, 1.54) is 12.1 Å². The number of benzene rings is 1. The number of nitrogens with zero attached hydrogens (tertiary/aromatic N) is 2. The molecule has 14 heavy (non-hydrogen) atoms. The molecule has 2 rings (SSSR count). The maximum absolute atomic E-state index is 12.9. The molecule has 3 N–H and O–H groups in total. The van der Waals surface area contributed by atoms with Gasteiger partial charge in [0.15, 0.2) is 0 Å². The zero-order valence-electron chi connectivity index (χ0n) is 7.79. The van der Waals surface area contributed by atoms with E-state index in [0.29, 0.717) is 11.5 Å². The van der Waals surface area contributed by atoms with Gasteiger partial charge in [0, 0.05) is 12.6 Å². The molecule has 1 aromatic heterocycles. The Labute approximate surface area is 80.5 Å². The number of hydrogen-bond donors (Lipinski definition) is 2. The zero-order chi connectivity index (χ0) is 10.1. The van der Waals surface area contributed by atoms with Gasteiger partial charge >= 0.3 is 0 Å². The highest BCUT2D eigenvalue weighted by Gasteiger charge is 2.08. The molecule has 1 heterocycles. The predicted molar refractivity (Wildman–Crippen MR) is 53.2 cm³/mol. The standard InChI is InChI=1S/C9H11FN4/c1-2-14-8-4-3-6(10)5-7(8)12-9(14)13-11/h3-5H,2,11H2,1H3,(H,12,13). The van der Waals surface area contributed by atoms with Gasteiger partial charge in [-0.1, -0.05) is 0 Å². The molecule has 74 valence electrons. The van der Waals surface area contributed by atoms with Crippen LogP contribution < -0.4 is 11.3 Å². The highest BCUT2D eigenvalue weighted by atomic mass is 19.1. The molecule has 0 atom stereocenters. The van der Waals surface area contributed by atoms with Gasteiger partial charge in [-0.3, -0.25) is 5.43 Å². The van der Waals surface area contributed by atoms with Crippen LogP contribution in [0.4, 0.5) is 10.3 Å². The molecule has 0 amide bonds. The first kappa shape index (κ1) is 8.96. The third kappa shape index (κ3) is 1.22. The monoisotopic (exact) mass is 194 g/mol. The number of halogens is 1. The van der Waals surface area contributed by atoms with Crippen molar-refractivity contribution in [1.29, 1.82) is 0 Å². The lowest BCUT2D eigenvalue weighted by Gasteiger charge is -2.03. The number of hydrazine groups is 1. The summed E-state index contributed by atoms with van der Waals surface area (Å²) in [5.41, 5.74) is 3.97. The number of fused-ring (bicyclic) bond motifs is 1. The van der Waals surface area contributed by atoms with Crippen LogP contribution >= 0.6 is 0 Å². The van der Waals surface area contributed by atoms with Crippen LogP contribution in [0.1, 0.15) is 6.92 Å². The SMILES string of the molecule is CCn1c(NN)nc2cc(F)ccc21. The summed E-state index contributed by atoms with van der Waals surface area (Å²) in [5.74, 6) is 5.56. The normalized spacial score (nSPS) is 10.8. The van der Waals surface area contributed by atoms with Crippen LogP contribution in [0.15, 0.2) is 18.2 Å². The fraction of sp³-hybridized carbons (Fsp3) is 0.222. The summed E-state index contributed by atoms with van der Waals surface area (Å²) in [6, 6.07) is 4.50. The van der Waals surface area contributed by atoms with Crippen LogP contribution in [-0.4, -0.2) is 9.55 Å². The maximum Gasteiger partial charge on any atom is 0.218 e. The molecule has 0 saturated carbocycles. The Balaban J connectivity index is 2.73. The van der Waals surface area contributed by atoms with E-state index in [-0.39, 0.29) is 5.82 Å². The molecule has 2 aromatic rings. The van der Waals surface area contributed by atoms with E-state index in [1.807, 2.05) is 11.5 Å². The lowest BCUT2D eigenvalue weighted by atomic mass is 10.3. The van der Waals surface area contributed by atoms with Crippen molar-refractivity contribution in [1.82, 2.24) is 9.55 Å². The van der Waals surface area contributed by atoms with E-state index in [9.17, 15) is 4.39 Å². The van der Waals surface area contributed by atoms with E-state index >= 15 is 0 Å². The Hall–Kier alpha value is -1.62. The molecule has 0 aliphatic rings. The summed E-state index contributed by atoms with van der Waals surface area (Å²) in [4.78, 5) is 4.15. The van der Waals surface area contributed by atoms with Crippen molar-refractivity contribution in [2.45, 2.75) is 13.5 Å². The second kappa shape index (κ2) is 3.26. The zero-order valence-corrected chi connectivity index (χ0v) is 7.79. The molecule has 5 heteroatoms. The van der Waals surface area contributed by atoms with Gasteiger partial charge < -0.3 is 4.57 Å². The highest BCUT2D eigenvalue weighted by Crippen LogP contribution is 2.19. The van der Waals surface area contributed by atoms with Gasteiger partial charge in [-0.15, -0.1) is 0 Å². The first-order valence-corrected chi connectivity index (χ1v) is 4.38. The second-order valence-corrected chi connectivity index (χ2v) is 2.96. The summed E-state index contributed by atoms with van der Waals surface area (Å²) < 4.78 is 14.8. The number of imidazole rings is 1. The first-order valence-electron chi connectivity index (χ1n) is 4.38. The van der Waals surface area contributed by atoms with E-state index in [0.717, 1.165) is 12.1 Å². The van der Waals surface area contributed by atoms with Gasteiger partial charge in [-0.05, 0) is 19.1 Å². The third-order valence-electron chi connectivity index (χ3n) is 2.16. The van der Waals surface area contributed by atoms with Crippen LogP contribution in [0.25, 0.3) is 11.0 Å². The summed E-state index contributed by atoms with van der Waals surface area (Å²) in [6.07, 6.45) is 0. The first-order chi connectivity index (χ1) is 6.76. The molecule has 0 spiro atoms. The van der Waals surface area contributed by atoms with Gasteiger partial charge in [0.05, 0.1) is 11.0 Å². The molecule has 0 radical (unpaired) electrons. The maximum atomic E-state index is 12.9. The van der Waals surface area contributed by atoms with Crippen molar-refractivity contribution in [2.24, 2.45) is 5.84 Å². The minimum atomic E-state index is -0.290. The summed E-state index contributed by atoms with van der Waals surface area (Å²) in [7, 11) is 0. The van der Waals surface area contributed by atoms with Crippen LogP contribution in [-0.2, 0) is 6.54 Å². The average molecular weight is 194 g/mol. The Morgan fingerprint density at radius 2 is 2.36 bits per heavy atom. The molecule has 0 unspecified atom stereocenters. The van der Waals surface area contributed by atoms with Crippen molar-refractivity contribution >= 4 is 17.0 Å². The van der Waals surface area contributed by atoms with Crippen LogP contribution in [0.3, 0.4) is 0 Å². The Bertz CT molecular complexity index is 463. The van der Waals surface area contributed by atoms with Crippen LogP contribution in [0.2, 0.25) is 0 Å². The number of rotatable bonds is 2. The number of nitrogens with two attached hydrogens (primary N) is 1. The van der Waals surface area contributed by atoms with Gasteiger partial charge in [0.1, 0.15) is 5.82 Å². The van der Waals surface area contributed by atoms with Gasteiger partial charge in [-0.25, -0.2) is 15.2 Å². The number of hydrogen-bond acceptors (Lipinski definition) is 3. The Kier molecular flexibility index (Phi) is 2.09. The fourth-order valence-electron chi connectivity index (χ4n) is 1.53. The second-order valence-electron chi connectivity index (χ2n) is 2.96. The van der Waals surface area contributed by atoms with Crippen molar-refractivity contribution in [2.75, 3.05) is 5.43 Å². The van der Waals surface area contributed by atoms with E-state index in [4.69, 9.17) is 5.84 Å². The molecule has 1 aromatic carbocycles. The number of anilines is 1. The Morgan fingerprint density at radius 3 is 3.00 bits per heavy atom. The minimum absolute atomic E-state index is 0.290. The molecule has 0 fully saturated rings. The molecule has 0 saturated heterocycles. The molecule has 4 nitrogen and oxygen atoms in total. The van der Waals surface area contributed by atoms with Crippen LogP contribution in [0, 0.1) is 5.82 Å². The van der Waals surface area contributed by atoms with Crippen molar-refractivity contribution in [3.05, 3.63) is 24.0 Å². The third-order valence-corrected chi connectivity index (χ3v) is 2.16. The smallest absolute Gasteiger partial charge is 0.218 e. The quantitative estimate of drug-likeness (QED) is 0.562. The lowest BCUT2D eigenvalue weighted by molar-refractivity contribution is 0.629. The minimum Gasteiger partial charge on any atom is -0.309 e. The number of aryl methyl sites for hydroxylation is 1. The number of nitrogen functional groups attached to an aromatic ring is 1. The summed E-state index contributed by atoms with van der Waals surface area (Å²) in [6.45, 7) is 2.72. The van der Waals surface area contributed by atoms with E-state index < -0.39 is 0 Å². The highest BCUT2D eigenvalue weighted by molar-refractivity contribution is 5.78. The molecular weight excluding hydrogens is 183 g/mol. The van der Waals surface area contributed by atoms with Crippen LogP contribution in [0.5, 0.6) is 0 Å². The summed E-state index contributed by atoms with van der Waals surface area (Å²) >= 11 is 0. The Morgan fingerprint density at radius 1 is 1.57 bits per heavy atom. The number of nitrogens with one attached hydrogen (secondary N) is 1. The van der Waals surface area contributed by atoms with Crippen molar-refractivity contribution in [3.63, 3.8) is 0 Å². The van der Waals surface area contributed by atoms with Gasteiger partial charge in [0.25, 0.3) is 0 Å². The van der Waals surface area contributed by atoms with Gasteiger partial charge in [-0.2, -0.15) is 0 Å². The summed E-state index contributed by atoms with van der Waals surface area (Å²) in [5, 5.41) is 0. The molecule has 0 bridgehead atoms. The predicted octanol–water partition coefficient (Wildman–Crippen LogP) is 1.48. The largest absolute Gasteiger partial charge is 0.309 e. The molecular formula is C9H11FN4. The van der Waals surface area contributed by atoms with Crippen molar-refractivity contribution in [3.8, 4) is 0 Å². The van der Waals surface area contributed by atoms with Gasteiger partial charge in [0.2, 0.25) is 5.95 Å². The average Bonchev–Trinajstić information content (AvgIpc) is 2.54. The number of aromatic nitrogens is 2. The molecule has 0 aliphatic heterocycles. The fourth-order valence-corrected chi connectivity index (χ4v) is 1.53. The van der Waals surface area contributed by atoms with Crippen molar-refractivity contribution < 1.29 is 4.39 Å². The van der Waals surface area contributed by atoms with E-state index in [1.54, 1.807) is 6.07 Å². The molecule has 0 aliphatic carbocycles. The van der Waals surface area contributed by atoms with E-state index in [2.05, 4.69) is 10.4 Å². The topological polar surface area (TPSA) is 55.9 Å². The lowest BCUT2D eigenvalue weighted by Crippen LogP contribution is -2.12.